The fourth-order valence-corrected chi connectivity index (χ4v) is 3.24. The topological polar surface area (TPSA) is 161 Å². The Bertz CT molecular complexity index is 967. The van der Waals surface area contributed by atoms with Crippen LogP contribution < -0.4 is 4.74 Å². The molecule has 0 aliphatic carbocycles. The third kappa shape index (κ3) is 8.74. The predicted octanol–water partition coefficient (Wildman–Crippen LogP) is 1.25. The van der Waals surface area contributed by atoms with Crippen molar-refractivity contribution in [3.63, 3.8) is 0 Å². The van der Waals surface area contributed by atoms with Crippen molar-refractivity contribution < 1.29 is 57.5 Å². The minimum atomic E-state index is -1.36. The molecule has 3 unspecified atom stereocenters. The van der Waals surface area contributed by atoms with E-state index in [4.69, 9.17) is 33.5 Å². The largest absolute Gasteiger partial charge is 0.478 e. The fraction of sp³-hybridized carbons (Fsp3) is 0.435. The molecule has 0 aromatic heterocycles. The van der Waals surface area contributed by atoms with Crippen LogP contribution in [0.3, 0.4) is 0 Å². The van der Waals surface area contributed by atoms with Crippen molar-refractivity contribution in [2.75, 3.05) is 6.61 Å². The van der Waals surface area contributed by atoms with E-state index >= 15 is 0 Å². The molecule has 0 radical (unpaired) electrons. The first-order chi connectivity index (χ1) is 16.5. The summed E-state index contributed by atoms with van der Waals surface area (Å²) in [5.41, 5.74) is 0.571. The standard InChI is InChI=1S/C23H26O12/c1-12(24)30-11-18-20(31-13(2)25)21(32-14(3)26)22(33-15(4)27)23(35-18)34-17-8-5-16(6-9-17)7-10-19(28)29/h5-10,18,20-23H,11H2,1-4H3,(H,28,29)/b10-7+/t18?,20-,21?,22?,23+/m0/s1. The Morgan fingerprint density at radius 3 is 1.89 bits per heavy atom. The van der Waals surface area contributed by atoms with Crippen LogP contribution in [0.1, 0.15) is 33.3 Å². The van der Waals surface area contributed by atoms with Crippen molar-refractivity contribution in [2.45, 2.75) is 58.4 Å². The van der Waals surface area contributed by atoms with Crippen LogP contribution in [0.4, 0.5) is 0 Å². The van der Waals surface area contributed by atoms with E-state index in [0.29, 0.717) is 5.56 Å². The number of hydrogen-bond donors (Lipinski definition) is 1. The van der Waals surface area contributed by atoms with E-state index in [0.717, 1.165) is 26.8 Å². The lowest BCUT2D eigenvalue weighted by Gasteiger charge is -2.43. The average molecular weight is 494 g/mol. The highest BCUT2D eigenvalue weighted by Crippen LogP contribution is 2.31. The summed E-state index contributed by atoms with van der Waals surface area (Å²) in [7, 11) is 0. The van der Waals surface area contributed by atoms with Crippen LogP contribution in [0.5, 0.6) is 5.75 Å². The number of esters is 4. The molecule has 1 aromatic carbocycles. The van der Waals surface area contributed by atoms with Gasteiger partial charge >= 0.3 is 29.8 Å². The number of ether oxygens (including phenoxy) is 6. The van der Waals surface area contributed by atoms with Gasteiger partial charge in [-0.05, 0) is 23.8 Å². The fourth-order valence-electron chi connectivity index (χ4n) is 3.24. The second-order valence-corrected chi connectivity index (χ2v) is 7.43. The quantitative estimate of drug-likeness (QED) is 0.298. The molecule has 12 heteroatoms. The first-order valence-electron chi connectivity index (χ1n) is 10.4. The molecule has 1 aromatic rings. The lowest BCUT2D eigenvalue weighted by molar-refractivity contribution is -0.288. The molecule has 2 rings (SSSR count). The zero-order valence-electron chi connectivity index (χ0n) is 19.5. The number of carbonyl (C=O) groups is 5. The maximum absolute atomic E-state index is 11.8. The van der Waals surface area contributed by atoms with Crippen molar-refractivity contribution in [2.24, 2.45) is 0 Å². The molecule has 12 nitrogen and oxygen atoms in total. The molecule has 35 heavy (non-hydrogen) atoms. The number of carboxylic acids is 1. The molecular formula is C23H26O12. The van der Waals surface area contributed by atoms with Crippen LogP contribution in [-0.4, -0.2) is 72.3 Å². The minimum Gasteiger partial charge on any atom is -0.478 e. The van der Waals surface area contributed by atoms with Crippen molar-refractivity contribution >= 4 is 35.9 Å². The monoisotopic (exact) mass is 494 g/mol. The molecule has 1 aliphatic rings. The van der Waals surface area contributed by atoms with Gasteiger partial charge in [0.25, 0.3) is 0 Å². The summed E-state index contributed by atoms with van der Waals surface area (Å²) >= 11 is 0. The smallest absolute Gasteiger partial charge is 0.328 e. The highest BCUT2D eigenvalue weighted by molar-refractivity contribution is 5.85. The normalized spacial score (nSPS) is 23.7. The lowest BCUT2D eigenvalue weighted by Crippen LogP contribution is -2.63. The van der Waals surface area contributed by atoms with Crippen molar-refractivity contribution in [3.05, 3.63) is 35.9 Å². The van der Waals surface area contributed by atoms with Gasteiger partial charge in [-0.1, -0.05) is 12.1 Å². The van der Waals surface area contributed by atoms with Gasteiger partial charge in [0.05, 0.1) is 0 Å². The van der Waals surface area contributed by atoms with Gasteiger partial charge in [0.1, 0.15) is 18.5 Å². The van der Waals surface area contributed by atoms with E-state index in [1.165, 1.54) is 25.1 Å². The Morgan fingerprint density at radius 1 is 0.829 bits per heavy atom. The van der Waals surface area contributed by atoms with Gasteiger partial charge in [-0.3, -0.25) is 19.2 Å². The van der Waals surface area contributed by atoms with E-state index in [9.17, 15) is 24.0 Å². The van der Waals surface area contributed by atoms with Crippen molar-refractivity contribution in [3.8, 4) is 5.75 Å². The van der Waals surface area contributed by atoms with Gasteiger partial charge < -0.3 is 33.5 Å². The Hall–Kier alpha value is -3.93. The van der Waals surface area contributed by atoms with Crippen molar-refractivity contribution in [1.29, 1.82) is 0 Å². The molecule has 1 N–H and O–H groups in total. The molecule has 1 saturated heterocycles. The average Bonchev–Trinajstić information content (AvgIpc) is 2.75. The molecule has 1 fully saturated rings. The van der Waals surface area contributed by atoms with E-state index < -0.39 is 60.6 Å². The molecule has 0 saturated carbocycles. The zero-order chi connectivity index (χ0) is 26.1. The number of rotatable bonds is 9. The van der Waals surface area contributed by atoms with E-state index in [1.54, 1.807) is 12.1 Å². The van der Waals surface area contributed by atoms with Crippen LogP contribution in [0, 0.1) is 0 Å². The number of benzene rings is 1. The number of carbonyl (C=O) groups excluding carboxylic acids is 4. The molecular weight excluding hydrogens is 468 g/mol. The molecule has 1 aliphatic heterocycles. The Morgan fingerprint density at radius 2 is 1.37 bits per heavy atom. The SMILES string of the molecule is CC(=O)OCC1O[C@@H](Oc2ccc(/C=C/C(=O)O)cc2)C(OC(C)=O)C(OC(C)=O)[C@H]1OC(C)=O. The highest BCUT2D eigenvalue weighted by Gasteiger charge is 2.53. The van der Waals surface area contributed by atoms with Crippen molar-refractivity contribution in [1.82, 2.24) is 0 Å². The van der Waals surface area contributed by atoms with E-state index in [2.05, 4.69) is 0 Å². The summed E-state index contributed by atoms with van der Waals surface area (Å²) < 4.78 is 32.6. The lowest BCUT2D eigenvalue weighted by atomic mass is 9.98. The summed E-state index contributed by atoms with van der Waals surface area (Å²) in [5.74, 6) is -3.76. The van der Waals surface area contributed by atoms with Gasteiger partial charge in [0, 0.05) is 33.8 Å². The van der Waals surface area contributed by atoms with Crippen LogP contribution in [-0.2, 0) is 47.7 Å². The minimum absolute atomic E-state index is 0.235. The Kier molecular flexibility index (Phi) is 9.76. The summed E-state index contributed by atoms with van der Waals surface area (Å²) in [6.45, 7) is 4.15. The van der Waals surface area contributed by atoms with Gasteiger partial charge in [-0.15, -0.1) is 0 Å². The third-order valence-electron chi connectivity index (χ3n) is 4.50. The first kappa shape index (κ1) is 27.3. The van der Waals surface area contributed by atoms with Gasteiger partial charge in [0.15, 0.2) is 12.2 Å². The molecule has 1 heterocycles. The molecule has 190 valence electrons. The second-order valence-electron chi connectivity index (χ2n) is 7.43. The number of carboxylic acid groups (broad SMARTS) is 1. The Balaban J connectivity index is 2.40. The van der Waals surface area contributed by atoms with Crippen LogP contribution in [0.15, 0.2) is 30.3 Å². The molecule has 0 spiro atoms. The molecule has 5 atom stereocenters. The summed E-state index contributed by atoms with van der Waals surface area (Å²) in [6.07, 6.45) is -4.16. The summed E-state index contributed by atoms with van der Waals surface area (Å²) in [5, 5.41) is 8.75. The molecule has 0 bridgehead atoms. The maximum atomic E-state index is 11.8. The highest BCUT2D eigenvalue weighted by atomic mass is 16.7. The van der Waals surface area contributed by atoms with Gasteiger partial charge in [-0.25, -0.2) is 4.79 Å². The zero-order valence-corrected chi connectivity index (χ0v) is 19.5. The maximum Gasteiger partial charge on any atom is 0.328 e. The van der Waals surface area contributed by atoms with Gasteiger partial charge in [-0.2, -0.15) is 0 Å². The van der Waals surface area contributed by atoms with E-state index in [-0.39, 0.29) is 12.4 Å². The number of aliphatic carboxylic acids is 1. The predicted molar refractivity (Wildman–Crippen MR) is 116 cm³/mol. The van der Waals surface area contributed by atoms with Crippen LogP contribution in [0.25, 0.3) is 6.08 Å². The summed E-state index contributed by atoms with van der Waals surface area (Å²) in [4.78, 5) is 57.5. The number of hydrogen-bond acceptors (Lipinski definition) is 11. The third-order valence-corrected chi connectivity index (χ3v) is 4.50. The Labute approximate surface area is 200 Å². The van der Waals surface area contributed by atoms with Crippen LogP contribution in [0.2, 0.25) is 0 Å². The second kappa shape index (κ2) is 12.5. The van der Waals surface area contributed by atoms with Crippen LogP contribution >= 0.6 is 0 Å². The first-order valence-corrected chi connectivity index (χ1v) is 10.4. The van der Waals surface area contributed by atoms with E-state index in [1.807, 2.05) is 0 Å². The van der Waals surface area contributed by atoms with Gasteiger partial charge in [0.2, 0.25) is 12.4 Å². The molecule has 0 amide bonds. The summed E-state index contributed by atoms with van der Waals surface area (Å²) in [6, 6.07) is 6.16.